The Morgan fingerprint density at radius 1 is 1.07 bits per heavy atom. The SMILES string of the molecule is O=S1(=O)CCC(Oc2ccccc2)CC1. The Balaban J connectivity index is 1.93. The molecule has 1 heterocycles. The number of hydrogen-bond acceptors (Lipinski definition) is 3. The van der Waals surface area contributed by atoms with Gasteiger partial charge in [-0.25, -0.2) is 8.42 Å². The predicted octanol–water partition coefficient (Wildman–Crippen LogP) is 1.64. The first kappa shape index (κ1) is 10.5. The van der Waals surface area contributed by atoms with Gasteiger partial charge in [0.1, 0.15) is 11.9 Å². The van der Waals surface area contributed by atoms with Crippen LogP contribution in [0.15, 0.2) is 30.3 Å². The van der Waals surface area contributed by atoms with Gasteiger partial charge in [-0.2, -0.15) is 0 Å². The van der Waals surface area contributed by atoms with Crippen LogP contribution in [0.4, 0.5) is 0 Å². The summed E-state index contributed by atoms with van der Waals surface area (Å²) >= 11 is 0. The van der Waals surface area contributed by atoms with Gasteiger partial charge in [-0.05, 0) is 25.0 Å². The molecule has 0 atom stereocenters. The summed E-state index contributed by atoms with van der Waals surface area (Å²) in [5.74, 6) is 1.33. The van der Waals surface area contributed by atoms with Crippen LogP contribution in [0, 0.1) is 0 Å². The standard InChI is InChI=1S/C11H14O3S/c12-15(13)8-6-11(7-9-15)14-10-4-2-1-3-5-10/h1-5,11H,6-9H2. The van der Waals surface area contributed by atoms with Crippen LogP contribution in [0.5, 0.6) is 5.75 Å². The molecule has 0 unspecified atom stereocenters. The lowest BCUT2D eigenvalue weighted by Crippen LogP contribution is -2.30. The van der Waals surface area contributed by atoms with Crippen molar-refractivity contribution in [3.05, 3.63) is 30.3 Å². The van der Waals surface area contributed by atoms with Gasteiger partial charge in [0.25, 0.3) is 0 Å². The maximum atomic E-state index is 11.2. The van der Waals surface area contributed by atoms with Gasteiger partial charge < -0.3 is 4.74 Å². The third-order valence-corrected chi connectivity index (χ3v) is 4.26. The predicted molar refractivity (Wildman–Crippen MR) is 58.7 cm³/mol. The summed E-state index contributed by atoms with van der Waals surface area (Å²) in [7, 11) is -2.79. The molecule has 4 heteroatoms. The maximum absolute atomic E-state index is 11.2. The molecule has 0 aliphatic carbocycles. The van der Waals surface area contributed by atoms with Gasteiger partial charge in [0.05, 0.1) is 11.5 Å². The van der Waals surface area contributed by atoms with E-state index in [9.17, 15) is 8.42 Å². The van der Waals surface area contributed by atoms with E-state index in [1.807, 2.05) is 30.3 Å². The largest absolute Gasteiger partial charge is 0.490 e. The van der Waals surface area contributed by atoms with Crippen molar-refractivity contribution in [2.24, 2.45) is 0 Å². The van der Waals surface area contributed by atoms with Crippen molar-refractivity contribution in [2.45, 2.75) is 18.9 Å². The molecule has 0 aromatic heterocycles. The number of hydrogen-bond donors (Lipinski definition) is 0. The van der Waals surface area contributed by atoms with E-state index in [-0.39, 0.29) is 17.6 Å². The van der Waals surface area contributed by atoms with E-state index in [2.05, 4.69) is 0 Å². The van der Waals surface area contributed by atoms with Crippen LogP contribution in [-0.2, 0) is 9.84 Å². The van der Waals surface area contributed by atoms with E-state index in [1.165, 1.54) is 0 Å². The van der Waals surface area contributed by atoms with E-state index in [0.29, 0.717) is 12.8 Å². The van der Waals surface area contributed by atoms with Gasteiger partial charge in [-0.3, -0.25) is 0 Å². The van der Waals surface area contributed by atoms with Gasteiger partial charge in [0, 0.05) is 0 Å². The average Bonchev–Trinajstić information content (AvgIpc) is 2.23. The van der Waals surface area contributed by atoms with Crippen LogP contribution >= 0.6 is 0 Å². The molecule has 1 aromatic carbocycles. The van der Waals surface area contributed by atoms with E-state index < -0.39 is 9.84 Å². The smallest absolute Gasteiger partial charge is 0.150 e. The first-order valence-electron chi connectivity index (χ1n) is 5.08. The molecule has 82 valence electrons. The molecule has 0 bridgehead atoms. The highest BCUT2D eigenvalue weighted by Crippen LogP contribution is 2.19. The Kier molecular flexibility index (Phi) is 2.95. The Morgan fingerprint density at radius 3 is 2.27 bits per heavy atom. The number of para-hydroxylation sites is 1. The summed E-state index contributed by atoms with van der Waals surface area (Å²) in [6.07, 6.45) is 1.27. The minimum absolute atomic E-state index is 0.0518. The Hall–Kier alpha value is -1.03. The minimum atomic E-state index is -2.79. The van der Waals surface area contributed by atoms with Crippen LogP contribution in [-0.4, -0.2) is 26.0 Å². The van der Waals surface area contributed by atoms with Crippen LogP contribution < -0.4 is 4.74 Å². The molecule has 1 aliphatic heterocycles. The van der Waals surface area contributed by atoms with Gasteiger partial charge in [0.2, 0.25) is 0 Å². The van der Waals surface area contributed by atoms with E-state index >= 15 is 0 Å². The van der Waals surface area contributed by atoms with Crippen LogP contribution in [0.1, 0.15) is 12.8 Å². The third-order valence-electron chi connectivity index (χ3n) is 2.55. The fraction of sp³-hybridized carbons (Fsp3) is 0.455. The molecule has 0 amide bonds. The van der Waals surface area contributed by atoms with Crippen molar-refractivity contribution < 1.29 is 13.2 Å². The van der Waals surface area contributed by atoms with Crippen molar-refractivity contribution in [1.29, 1.82) is 0 Å². The summed E-state index contributed by atoms with van der Waals surface area (Å²) in [5, 5.41) is 0. The van der Waals surface area contributed by atoms with E-state index in [1.54, 1.807) is 0 Å². The van der Waals surface area contributed by atoms with Crippen molar-refractivity contribution >= 4 is 9.84 Å². The second-order valence-corrected chi connectivity index (χ2v) is 6.09. The number of rotatable bonds is 2. The minimum Gasteiger partial charge on any atom is -0.490 e. The molecule has 1 fully saturated rings. The Labute approximate surface area is 90.0 Å². The zero-order chi connectivity index (χ0) is 10.7. The first-order valence-corrected chi connectivity index (χ1v) is 6.90. The van der Waals surface area contributed by atoms with Gasteiger partial charge in [0.15, 0.2) is 9.84 Å². The van der Waals surface area contributed by atoms with E-state index in [4.69, 9.17) is 4.74 Å². The van der Waals surface area contributed by atoms with Gasteiger partial charge >= 0.3 is 0 Å². The Bertz CT molecular complexity index is 397. The van der Waals surface area contributed by atoms with Crippen molar-refractivity contribution in [2.75, 3.05) is 11.5 Å². The second-order valence-electron chi connectivity index (χ2n) is 3.78. The van der Waals surface area contributed by atoms with Crippen molar-refractivity contribution in [1.82, 2.24) is 0 Å². The molecule has 3 nitrogen and oxygen atoms in total. The van der Waals surface area contributed by atoms with Crippen LogP contribution in [0.25, 0.3) is 0 Å². The topological polar surface area (TPSA) is 43.4 Å². The number of ether oxygens (including phenoxy) is 1. The van der Waals surface area contributed by atoms with Crippen molar-refractivity contribution in [3.8, 4) is 5.75 Å². The van der Waals surface area contributed by atoms with Crippen LogP contribution in [0.2, 0.25) is 0 Å². The molecular formula is C11H14O3S. The van der Waals surface area contributed by atoms with Crippen molar-refractivity contribution in [3.63, 3.8) is 0 Å². The summed E-state index contributed by atoms with van der Waals surface area (Å²) in [5.41, 5.74) is 0. The second kappa shape index (κ2) is 4.23. The highest BCUT2D eigenvalue weighted by Gasteiger charge is 2.24. The highest BCUT2D eigenvalue weighted by atomic mass is 32.2. The molecule has 0 radical (unpaired) electrons. The molecule has 2 rings (SSSR count). The number of benzene rings is 1. The fourth-order valence-corrected chi connectivity index (χ4v) is 3.13. The summed E-state index contributed by atoms with van der Waals surface area (Å²) in [6, 6.07) is 9.54. The molecule has 1 aliphatic rings. The maximum Gasteiger partial charge on any atom is 0.150 e. The summed E-state index contributed by atoms with van der Waals surface area (Å²) < 4.78 is 28.1. The average molecular weight is 226 g/mol. The zero-order valence-corrected chi connectivity index (χ0v) is 9.24. The molecular weight excluding hydrogens is 212 g/mol. The van der Waals surface area contributed by atoms with Crippen LogP contribution in [0.3, 0.4) is 0 Å². The molecule has 0 N–H and O–H groups in total. The molecule has 1 saturated heterocycles. The monoisotopic (exact) mass is 226 g/mol. The molecule has 0 spiro atoms. The lowest BCUT2D eigenvalue weighted by molar-refractivity contribution is 0.189. The van der Waals surface area contributed by atoms with Gasteiger partial charge in [-0.1, -0.05) is 18.2 Å². The molecule has 1 aromatic rings. The van der Waals surface area contributed by atoms with Gasteiger partial charge in [-0.15, -0.1) is 0 Å². The fourth-order valence-electron chi connectivity index (χ4n) is 1.68. The first-order chi connectivity index (χ1) is 7.16. The molecule has 0 saturated carbocycles. The van der Waals surface area contributed by atoms with E-state index in [0.717, 1.165) is 5.75 Å². The lowest BCUT2D eigenvalue weighted by Gasteiger charge is -2.23. The summed E-state index contributed by atoms with van der Waals surface area (Å²) in [4.78, 5) is 0. The quantitative estimate of drug-likeness (QED) is 0.770. The number of sulfone groups is 1. The zero-order valence-electron chi connectivity index (χ0n) is 8.43. The highest BCUT2D eigenvalue weighted by molar-refractivity contribution is 7.91. The Morgan fingerprint density at radius 2 is 1.67 bits per heavy atom. The summed E-state index contributed by atoms with van der Waals surface area (Å²) in [6.45, 7) is 0. The normalized spacial score (nSPS) is 21.1. The lowest BCUT2D eigenvalue weighted by atomic mass is 10.2. The third kappa shape index (κ3) is 2.96. The molecule has 15 heavy (non-hydrogen) atoms.